The summed E-state index contributed by atoms with van der Waals surface area (Å²) in [4.78, 5) is 0. The van der Waals surface area contributed by atoms with Gasteiger partial charge in [-0.1, -0.05) is 26.7 Å². The van der Waals surface area contributed by atoms with Crippen molar-refractivity contribution in [2.45, 2.75) is 84.2 Å². The average Bonchev–Trinajstić information content (AvgIpc) is 2.49. The van der Waals surface area contributed by atoms with Crippen molar-refractivity contribution in [3.05, 3.63) is 0 Å². The summed E-state index contributed by atoms with van der Waals surface area (Å²) in [7, 11) is 0. The van der Waals surface area contributed by atoms with Gasteiger partial charge in [-0.3, -0.25) is 0 Å². The van der Waals surface area contributed by atoms with E-state index in [1.165, 1.54) is 64.2 Å². The first-order valence-electron chi connectivity index (χ1n) is 9.34. The predicted molar refractivity (Wildman–Crippen MR) is 84.7 cm³/mol. The molecule has 0 spiro atoms. The largest absolute Gasteiger partial charge is 0.378 e. The van der Waals surface area contributed by atoms with Crippen molar-refractivity contribution in [3.63, 3.8) is 0 Å². The first-order valence-corrected chi connectivity index (χ1v) is 9.34. The SMILES string of the molecule is CC1CCC(C2CCC(C3CCC(C)CO3)CC2)CC1. The van der Waals surface area contributed by atoms with Crippen molar-refractivity contribution < 1.29 is 4.74 Å². The third-order valence-corrected chi connectivity index (χ3v) is 6.61. The standard InChI is InChI=1S/C19H34O/c1-14-3-6-16(7-4-14)17-8-10-18(11-9-17)19-12-5-15(2)13-20-19/h14-19H,3-13H2,1-2H3. The van der Waals surface area contributed by atoms with E-state index in [1.54, 1.807) is 0 Å². The van der Waals surface area contributed by atoms with Crippen LogP contribution < -0.4 is 0 Å². The van der Waals surface area contributed by atoms with Crippen LogP contribution in [0.15, 0.2) is 0 Å². The molecule has 116 valence electrons. The molecule has 3 aliphatic rings. The zero-order valence-corrected chi connectivity index (χ0v) is 13.7. The van der Waals surface area contributed by atoms with Gasteiger partial charge in [0, 0.05) is 6.61 Å². The van der Waals surface area contributed by atoms with Gasteiger partial charge in [-0.15, -0.1) is 0 Å². The number of ether oxygens (including phenoxy) is 1. The normalized spacial score (nSPS) is 47.1. The molecule has 1 aliphatic heterocycles. The van der Waals surface area contributed by atoms with E-state index < -0.39 is 0 Å². The monoisotopic (exact) mass is 278 g/mol. The van der Waals surface area contributed by atoms with Crippen LogP contribution in [0.3, 0.4) is 0 Å². The number of hydrogen-bond acceptors (Lipinski definition) is 1. The van der Waals surface area contributed by atoms with Crippen LogP contribution in [0, 0.1) is 29.6 Å². The molecule has 1 nitrogen and oxygen atoms in total. The molecule has 2 saturated carbocycles. The van der Waals surface area contributed by atoms with Crippen LogP contribution in [0.4, 0.5) is 0 Å². The number of rotatable bonds is 2. The molecule has 0 amide bonds. The lowest BCUT2D eigenvalue weighted by atomic mass is 9.68. The van der Waals surface area contributed by atoms with Gasteiger partial charge in [0.1, 0.15) is 0 Å². The van der Waals surface area contributed by atoms with Crippen molar-refractivity contribution in [1.82, 2.24) is 0 Å². The molecule has 0 aromatic rings. The molecule has 0 N–H and O–H groups in total. The second-order valence-corrected chi connectivity index (χ2v) is 8.25. The first kappa shape index (κ1) is 14.9. The molecule has 0 bridgehead atoms. The lowest BCUT2D eigenvalue weighted by Gasteiger charge is -2.40. The van der Waals surface area contributed by atoms with Crippen LogP contribution in [0.2, 0.25) is 0 Å². The van der Waals surface area contributed by atoms with Gasteiger partial charge < -0.3 is 4.74 Å². The Labute approximate surface area is 125 Å². The minimum atomic E-state index is 0.610. The lowest BCUT2D eigenvalue weighted by molar-refractivity contribution is -0.0569. The fourth-order valence-corrected chi connectivity index (χ4v) is 5.02. The summed E-state index contributed by atoms with van der Waals surface area (Å²) in [6.45, 7) is 5.79. The minimum Gasteiger partial charge on any atom is -0.378 e. The molecule has 1 heteroatoms. The van der Waals surface area contributed by atoms with Gasteiger partial charge in [0.25, 0.3) is 0 Å². The van der Waals surface area contributed by atoms with Crippen LogP contribution in [0.5, 0.6) is 0 Å². The van der Waals surface area contributed by atoms with Gasteiger partial charge in [-0.25, -0.2) is 0 Å². The second-order valence-electron chi connectivity index (χ2n) is 8.25. The summed E-state index contributed by atoms with van der Waals surface area (Å²) in [6, 6.07) is 0. The molecular formula is C19H34O. The van der Waals surface area contributed by atoms with Crippen LogP contribution >= 0.6 is 0 Å². The Hall–Kier alpha value is -0.0400. The Morgan fingerprint density at radius 1 is 0.550 bits per heavy atom. The molecular weight excluding hydrogens is 244 g/mol. The maximum absolute atomic E-state index is 6.12. The maximum Gasteiger partial charge on any atom is 0.0603 e. The van der Waals surface area contributed by atoms with E-state index in [0.717, 1.165) is 36.2 Å². The average molecular weight is 278 g/mol. The highest BCUT2D eigenvalue weighted by molar-refractivity contribution is 4.85. The van der Waals surface area contributed by atoms with Gasteiger partial charge in [-0.2, -0.15) is 0 Å². The molecule has 0 aromatic heterocycles. The fraction of sp³-hybridized carbons (Fsp3) is 1.00. The summed E-state index contributed by atoms with van der Waals surface area (Å²) < 4.78 is 6.12. The van der Waals surface area contributed by atoms with E-state index >= 15 is 0 Å². The van der Waals surface area contributed by atoms with Gasteiger partial charge in [-0.05, 0) is 81.0 Å². The zero-order chi connectivity index (χ0) is 13.9. The lowest BCUT2D eigenvalue weighted by Crippen LogP contribution is -2.35. The van der Waals surface area contributed by atoms with Crippen molar-refractivity contribution in [1.29, 1.82) is 0 Å². The molecule has 0 radical (unpaired) electrons. The Kier molecular flexibility index (Phi) is 5.07. The van der Waals surface area contributed by atoms with E-state index in [1.807, 2.05) is 0 Å². The summed E-state index contributed by atoms with van der Waals surface area (Å²) in [5.41, 5.74) is 0. The summed E-state index contributed by atoms with van der Waals surface area (Å²) in [6.07, 6.45) is 15.3. The number of hydrogen-bond donors (Lipinski definition) is 0. The Balaban J connectivity index is 1.42. The molecule has 20 heavy (non-hydrogen) atoms. The van der Waals surface area contributed by atoms with E-state index in [-0.39, 0.29) is 0 Å². The van der Waals surface area contributed by atoms with Crippen molar-refractivity contribution >= 4 is 0 Å². The highest BCUT2D eigenvalue weighted by Gasteiger charge is 2.34. The highest BCUT2D eigenvalue weighted by Crippen LogP contribution is 2.43. The molecule has 1 saturated heterocycles. The summed E-state index contributed by atoms with van der Waals surface area (Å²) in [5.74, 6) is 4.81. The van der Waals surface area contributed by atoms with Crippen LogP contribution in [0.1, 0.15) is 78.1 Å². The fourth-order valence-electron chi connectivity index (χ4n) is 5.02. The van der Waals surface area contributed by atoms with Crippen molar-refractivity contribution in [2.75, 3.05) is 6.61 Å². The van der Waals surface area contributed by atoms with E-state index in [4.69, 9.17) is 4.74 Å². The van der Waals surface area contributed by atoms with Crippen molar-refractivity contribution in [3.8, 4) is 0 Å². The third kappa shape index (κ3) is 3.59. The molecule has 1 heterocycles. The Morgan fingerprint density at radius 3 is 1.60 bits per heavy atom. The highest BCUT2D eigenvalue weighted by atomic mass is 16.5. The molecule has 2 aliphatic carbocycles. The summed E-state index contributed by atoms with van der Waals surface area (Å²) in [5, 5.41) is 0. The Morgan fingerprint density at radius 2 is 1.05 bits per heavy atom. The maximum atomic E-state index is 6.12. The van der Waals surface area contributed by atoms with E-state index in [2.05, 4.69) is 13.8 Å². The minimum absolute atomic E-state index is 0.610. The summed E-state index contributed by atoms with van der Waals surface area (Å²) >= 11 is 0. The predicted octanol–water partition coefficient (Wildman–Crippen LogP) is 5.43. The smallest absolute Gasteiger partial charge is 0.0603 e. The van der Waals surface area contributed by atoms with Gasteiger partial charge >= 0.3 is 0 Å². The molecule has 0 aromatic carbocycles. The molecule has 3 rings (SSSR count). The second kappa shape index (κ2) is 6.81. The Bertz CT molecular complexity index is 246. The van der Waals surface area contributed by atoms with E-state index in [0.29, 0.717) is 6.10 Å². The topological polar surface area (TPSA) is 9.23 Å². The van der Waals surface area contributed by atoms with Crippen LogP contribution in [0.25, 0.3) is 0 Å². The van der Waals surface area contributed by atoms with Gasteiger partial charge in [0.15, 0.2) is 0 Å². The van der Waals surface area contributed by atoms with E-state index in [9.17, 15) is 0 Å². The van der Waals surface area contributed by atoms with Gasteiger partial charge in [0.2, 0.25) is 0 Å². The molecule has 2 unspecified atom stereocenters. The van der Waals surface area contributed by atoms with Crippen molar-refractivity contribution in [2.24, 2.45) is 29.6 Å². The first-order chi connectivity index (χ1) is 9.72. The molecule has 2 atom stereocenters. The van der Waals surface area contributed by atoms with Crippen LogP contribution in [-0.2, 0) is 4.74 Å². The zero-order valence-electron chi connectivity index (χ0n) is 13.7. The van der Waals surface area contributed by atoms with Crippen LogP contribution in [-0.4, -0.2) is 12.7 Å². The third-order valence-electron chi connectivity index (χ3n) is 6.61. The quantitative estimate of drug-likeness (QED) is 0.654. The molecule has 3 fully saturated rings. The van der Waals surface area contributed by atoms with Gasteiger partial charge in [0.05, 0.1) is 6.10 Å².